The molecule has 0 fully saturated rings. The van der Waals surface area contributed by atoms with Crippen LogP contribution in [0.15, 0.2) is 64.1 Å². The number of aromatic hydroxyl groups is 1. The third-order valence-corrected chi connectivity index (χ3v) is 4.20. The van der Waals surface area contributed by atoms with Crippen LogP contribution in [0.1, 0.15) is 5.69 Å². The Kier molecular flexibility index (Phi) is 4.18. The molecule has 0 atom stereocenters. The van der Waals surface area contributed by atoms with Crippen LogP contribution in [0.4, 0.5) is 0 Å². The first-order valence-corrected chi connectivity index (χ1v) is 7.70. The number of para-hydroxylation sites is 1. The van der Waals surface area contributed by atoms with Crippen molar-refractivity contribution in [3.05, 3.63) is 65.5 Å². The molecule has 106 valence electrons. The van der Waals surface area contributed by atoms with Gasteiger partial charge >= 0.3 is 0 Å². The van der Waals surface area contributed by atoms with Gasteiger partial charge in [0.25, 0.3) is 0 Å². The van der Waals surface area contributed by atoms with E-state index in [0.717, 1.165) is 16.2 Å². The minimum Gasteiger partial charge on any atom is -0.507 e. The molecule has 5 heteroatoms. The predicted molar refractivity (Wildman–Crippen MR) is 84.6 cm³/mol. The van der Waals surface area contributed by atoms with E-state index in [1.807, 2.05) is 36.4 Å². The quantitative estimate of drug-likeness (QED) is 0.688. The molecule has 0 amide bonds. The Morgan fingerprint density at radius 3 is 2.81 bits per heavy atom. The number of rotatable bonds is 4. The highest BCUT2D eigenvalue weighted by molar-refractivity contribution is 7.98. The highest BCUT2D eigenvalue weighted by Crippen LogP contribution is 2.31. The van der Waals surface area contributed by atoms with E-state index in [1.54, 1.807) is 18.4 Å². The molecule has 3 nitrogen and oxygen atoms in total. The molecule has 0 saturated carbocycles. The fourth-order valence-corrected chi connectivity index (χ4v) is 2.88. The van der Waals surface area contributed by atoms with Gasteiger partial charge in [-0.05, 0) is 30.3 Å². The lowest BCUT2D eigenvalue weighted by atomic mass is 10.2. The van der Waals surface area contributed by atoms with E-state index < -0.39 is 0 Å². The molecule has 2 aromatic carbocycles. The molecule has 0 radical (unpaired) electrons. The van der Waals surface area contributed by atoms with Gasteiger partial charge in [-0.1, -0.05) is 29.8 Å². The second-order valence-electron chi connectivity index (χ2n) is 4.41. The number of halogens is 1. The third kappa shape index (κ3) is 3.40. The van der Waals surface area contributed by atoms with Gasteiger partial charge in [0.05, 0.1) is 5.69 Å². The number of nitrogens with zero attached hydrogens (tertiary/aromatic N) is 1. The molecule has 0 aliphatic rings. The molecule has 21 heavy (non-hydrogen) atoms. The van der Waals surface area contributed by atoms with Crippen molar-refractivity contribution < 1.29 is 9.52 Å². The minimum absolute atomic E-state index is 0.279. The van der Waals surface area contributed by atoms with Crippen molar-refractivity contribution >= 4 is 23.4 Å². The Labute approximate surface area is 131 Å². The largest absolute Gasteiger partial charge is 0.507 e. The lowest BCUT2D eigenvalue weighted by Crippen LogP contribution is -1.82. The minimum atomic E-state index is 0.279. The maximum atomic E-state index is 9.72. The van der Waals surface area contributed by atoms with Crippen molar-refractivity contribution in [3.8, 4) is 17.2 Å². The molecule has 1 heterocycles. The van der Waals surface area contributed by atoms with Gasteiger partial charge in [0.15, 0.2) is 0 Å². The van der Waals surface area contributed by atoms with Crippen LogP contribution in [0, 0.1) is 0 Å². The Morgan fingerprint density at radius 2 is 2.00 bits per heavy atom. The Bertz CT molecular complexity index is 757. The van der Waals surface area contributed by atoms with E-state index in [4.69, 9.17) is 16.0 Å². The highest BCUT2D eigenvalue weighted by Gasteiger charge is 2.08. The van der Waals surface area contributed by atoms with Gasteiger partial charge in [-0.2, -0.15) is 0 Å². The topological polar surface area (TPSA) is 46.3 Å². The number of aromatic nitrogens is 1. The van der Waals surface area contributed by atoms with Crippen molar-refractivity contribution in [1.29, 1.82) is 0 Å². The average Bonchev–Trinajstić information content (AvgIpc) is 2.95. The molecule has 3 aromatic rings. The van der Waals surface area contributed by atoms with Crippen molar-refractivity contribution in [2.24, 2.45) is 0 Å². The summed E-state index contributed by atoms with van der Waals surface area (Å²) in [7, 11) is 0. The second kappa shape index (κ2) is 6.24. The maximum Gasteiger partial charge on any atom is 0.226 e. The van der Waals surface area contributed by atoms with E-state index >= 15 is 0 Å². The van der Waals surface area contributed by atoms with Crippen LogP contribution in [-0.4, -0.2) is 10.1 Å². The number of thioether (sulfide) groups is 1. The molecule has 0 unspecified atom stereocenters. The van der Waals surface area contributed by atoms with Crippen LogP contribution >= 0.6 is 23.4 Å². The van der Waals surface area contributed by atoms with Gasteiger partial charge in [-0.3, -0.25) is 0 Å². The monoisotopic (exact) mass is 317 g/mol. The van der Waals surface area contributed by atoms with Gasteiger partial charge < -0.3 is 9.52 Å². The zero-order valence-electron chi connectivity index (χ0n) is 11.0. The third-order valence-electron chi connectivity index (χ3n) is 2.86. The number of benzene rings is 2. The summed E-state index contributed by atoms with van der Waals surface area (Å²) in [6.07, 6.45) is 1.63. The molecule has 1 N–H and O–H groups in total. The maximum absolute atomic E-state index is 9.72. The van der Waals surface area contributed by atoms with Crippen LogP contribution in [-0.2, 0) is 5.75 Å². The van der Waals surface area contributed by atoms with Crippen LogP contribution < -0.4 is 0 Å². The molecule has 0 bridgehead atoms. The predicted octanol–water partition coefficient (Wildman–Crippen LogP) is 4.99. The molecule has 0 spiro atoms. The zero-order chi connectivity index (χ0) is 14.7. The first-order valence-electron chi connectivity index (χ1n) is 6.33. The van der Waals surface area contributed by atoms with Crippen molar-refractivity contribution in [2.75, 3.05) is 0 Å². The van der Waals surface area contributed by atoms with Crippen molar-refractivity contribution in [2.45, 2.75) is 10.6 Å². The van der Waals surface area contributed by atoms with Crippen LogP contribution in [0.3, 0.4) is 0 Å². The normalized spacial score (nSPS) is 10.7. The Hall–Kier alpha value is -1.91. The summed E-state index contributed by atoms with van der Waals surface area (Å²) in [6, 6.07) is 14.6. The number of phenols is 1. The number of oxazole rings is 1. The lowest BCUT2D eigenvalue weighted by Gasteiger charge is -2.01. The first kappa shape index (κ1) is 14.0. The van der Waals surface area contributed by atoms with Crippen molar-refractivity contribution in [3.63, 3.8) is 0 Å². The number of hydrogen-bond donors (Lipinski definition) is 1. The van der Waals surface area contributed by atoms with E-state index in [2.05, 4.69) is 4.98 Å². The van der Waals surface area contributed by atoms with E-state index in [9.17, 15) is 5.11 Å². The summed E-state index contributed by atoms with van der Waals surface area (Å²) in [6.45, 7) is 0. The second-order valence-corrected chi connectivity index (χ2v) is 5.86. The highest BCUT2D eigenvalue weighted by atomic mass is 35.5. The van der Waals surface area contributed by atoms with Crippen LogP contribution in [0.5, 0.6) is 5.75 Å². The molecule has 0 aliphatic carbocycles. The summed E-state index contributed by atoms with van der Waals surface area (Å²) in [4.78, 5) is 5.26. The summed E-state index contributed by atoms with van der Waals surface area (Å²) in [5.74, 6) is 1.45. The average molecular weight is 318 g/mol. The first-order chi connectivity index (χ1) is 10.2. The van der Waals surface area contributed by atoms with Gasteiger partial charge in [-0.15, -0.1) is 11.8 Å². The van der Waals surface area contributed by atoms with Gasteiger partial charge in [0, 0.05) is 21.2 Å². The molecule has 0 aliphatic heterocycles. The summed E-state index contributed by atoms with van der Waals surface area (Å²) < 4.78 is 5.48. The molecule has 1 aromatic heterocycles. The summed E-state index contributed by atoms with van der Waals surface area (Å²) in [5.41, 5.74) is 1.67. The lowest BCUT2D eigenvalue weighted by molar-refractivity contribution is 0.462. The van der Waals surface area contributed by atoms with Gasteiger partial charge in [0.2, 0.25) is 5.89 Å². The molecule has 3 rings (SSSR count). The molecule has 0 saturated heterocycles. The Morgan fingerprint density at radius 1 is 1.14 bits per heavy atom. The SMILES string of the molecule is Oc1ccccc1SCc1coc(-c2cccc(Cl)c2)n1. The molecular weight excluding hydrogens is 306 g/mol. The van der Waals surface area contributed by atoms with Gasteiger partial charge in [-0.25, -0.2) is 4.98 Å². The smallest absolute Gasteiger partial charge is 0.226 e. The zero-order valence-corrected chi connectivity index (χ0v) is 12.6. The Balaban J connectivity index is 1.72. The van der Waals surface area contributed by atoms with E-state index in [0.29, 0.717) is 16.7 Å². The number of hydrogen-bond acceptors (Lipinski definition) is 4. The van der Waals surface area contributed by atoms with E-state index in [-0.39, 0.29) is 5.75 Å². The standard InChI is InChI=1S/C16H12ClNO2S/c17-12-5-3-4-11(8-12)16-18-13(9-20-16)10-21-15-7-2-1-6-14(15)19/h1-9,19H,10H2. The van der Waals surface area contributed by atoms with E-state index in [1.165, 1.54) is 11.8 Å². The summed E-state index contributed by atoms with van der Waals surface area (Å²) >= 11 is 7.47. The van der Waals surface area contributed by atoms with Crippen molar-refractivity contribution in [1.82, 2.24) is 4.98 Å². The molecular formula is C16H12ClNO2S. The fraction of sp³-hybridized carbons (Fsp3) is 0.0625. The van der Waals surface area contributed by atoms with Crippen LogP contribution in [0.25, 0.3) is 11.5 Å². The number of phenolic OH excluding ortho intramolecular Hbond substituents is 1. The summed E-state index contributed by atoms with van der Waals surface area (Å²) in [5, 5.41) is 10.4. The van der Waals surface area contributed by atoms with Crippen LogP contribution in [0.2, 0.25) is 5.02 Å². The van der Waals surface area contributed by atoms with Gasteiger partial charge in [0.1, 0.15) is 12.0 Å². The fourth-order valence-electron chi connectivity index (χ4n) is 1.86.